The van der Waals surface area contributed by atoms with Crippen molar-refractivity contribution in [1.29, 1.82) is 0 Å². The van der Waals surface area contributed by atoms with Crippen LogP contribution in [-0.2, 0) is 6.54 Å². The number of imidazole rings is 1. The van der Waals surface area contributed by atoms with Gasteiger partial charge in [-0.15, -0.1) is 0 Å². The van der Waals surface area contributed by atoms with E-state index in [0.29, 0.717) is 17.9 Å². The summed E-state index contributed by atoms with van der Waals surface area (Å²) in [6.45, 7) is 0.327. The third-order valence-electron chi connectivity index (χ3n) is 3.37. The Morgan fingerprint density at radius 3 is 2.52 bits per heavy atom. The van der Waals surface area contributed by atoms with E-state index in [2.05, 4.69) is 10.3 Å². The van der Waals surface area contributed by atoms with Crippen LogP contribution in [0.15, 0.2) is 61.1 Å². The smallest absolute Gasteiger partial charge is 0.270 e. The van der Waals surface area contributed by atoms with Crippen LogP contribution in [-0.4, -0.2) is 20.6 Å². The highest BCUT2D eigenvalue weighted by molar-refractivity contribution is 5.92. The molecule has 1 aromatic heterocycles. The molecule has 0 atom stereocenters. The molecule has 6 heteroatoms. The number of benzene rings is 2. The van der Waals surface area contributed by atoms with Crippen molar-refractivity contribution in [2.45, 2.75) is 6.54 Å². The maximum Gasteiger partial charge on any atom is 0.270 e. The van der Waals surface area contributed by atoms with E-state index in [9.17, 15) is 14.3 Å². The number of amides is 1. The van der Waals surface area contributed by atoms with Gasteiger partial charge in [0.15, 0.2) is 0 Å². The van der Waals surface area contributed by atoms with Gasteiger partial charge in [-0.2, -0.15) is 0 Å². The quantitative estimate of drug-likeness (QED) is 0.778. The molecule has 1 amide bonds. The molecule has 5 nitrogen and oxygen atoms in total. The van der Waals surface area contributed by atoms with Crippen LogP contribution in [0.3, 0.4) is 0 Å². The molecule has 116 valence electrons. The molecule has 1 heterocycles. The number of rotatable bonds is 4. The monoisotopic (exact) mass is 311 g/mol. The molecule has 0 saturated heterocycles. The maximum atomic E-state index is 13.0. The zero-order valence-electron chi connectivity index (χ0n) is 12.1. The van der Waals surface area contributed by atoms with E-state index in [4.69, 9.17) is 0 Å². The fourth-order valence-electron chi connectivity index (χ4n) is 2.16. The predicted molar refractivity (Wildman–Crippen MR) is 82.8 cm³/mol. The van der Waals surface area contributed by atoms with Gasteiger partial charge in [0.2, 0.25) is 0 Å². The molecular weight excluding hydrogens is 297 g/mol. The fourth-order valence-corrected chi connectivity index (χ4v) is 2.16. The van der Waals surface area contributed by atoms with Crippen molar-refractivity contribution in [3.8, 4) is 11.4 Å². The minimum absolute atomic E-state index is 0.175. The standard InChI is InChI=1S/C17H14FN3O2/c18-13-3-5-14(6-4-13)21-11-19-10-16(21)17(23)20-9-12-1-7-15(22)8-2-12/h1-8,10-11,22H,9H2,(H,20,23). The van der Waals surface area contributed by atoms with Crippen LogP contribution in [0.25, 0.3) is 5.69 Å². The van der Waals surface area contributed by atoms with Gasteiger partial charge in [0.05, 0.1) is 12.5 Å². The normalized spacial score (nSPS) is 10.5. The summed E-state index contributed by atoms with van der Waals surface area (Å²) in [6, 6.07) is 12.4. The van der Waals surface area contributed by atoms with Crippen molar-refractivity contribution in [2.75, 3.05) is 0 Å². The second-order valence-electron chi connectivity index (χ2n) is 4.97. The number of nitrogens with zero attached hydrogens (tertiary/aromatic N) is 2. The molecule has 0 aliphatic carbocycles. The average Bonchev–Trinajstić information content (AvgIpc) is 3.04. The number of carbonyl (C=O) groups excluding carboxylic acids is 1. The molecule has 0 unspecified atom stereocenters. The molecule has 0 radical (unpaired) electrons. The lowest BCUT2D eigenvalue weighted by atomic mass is 10.2. The number of hydrogen-bond acceptors (Lipinski definition) is 3. The molecule has 0 spiro atoms. The number of phenolic OH excluding ortho intramolecular Hbond substituents is 1. The van der Waals surface area contributed by atoms with E-state index in [1.54, 1.807) is 41.0 Å². The summed E-state index contributed by atoms with van der Waals surface area (Å²) >= 11 is 0. The summed E-state index contributed by atoms with van der Waals surface area (Å²) in [7, 11) is 0. The first-order valence-corrected chi connectivity index (χ1v) is 6.98. The largest absolute Gasteiger partial charge is 0.508 e. The van der Waals surface area contributed by atoms with Crippen LogP contribution in [0.4, 0.5) is 4.39 Å². The lowest BCUT2D eigenvalue weighted by Crippen LogP contribution is -2.25. The summed E-state index contributed by atoms with van der Waals surface area (Å²) < 4.78 is 14.6. The number of phenols is 1. The van der Waals surface area contributed by atoms with Crippen molar-refractivity contribution in [2.24, 2.45) is 0 Å². The molecule has 2 N–H and O–H groups in total. The van der Waals surface area contributed by atoms with E-state index in [0.717, 1.165) is 5.56 Å². The first-order valence-electron chi connectivity index (χ1n) is 6.98. The van der Waals surface area contributed by atoms with Crippen LogP contribution >= 0.6 is 0 Å². The molecule has 2 aromatic carbocycles. The highest BCUT2D eigenvalue weighted by Crippen LogP contribution is 2.13. The summed E-state index contributed by atoms with van der Waals surface area (Å²) in [5.74, 6) is -0.457. The number of aromatic nitrogens is 2. The van der Waals surface area contributed by atoms with E-state index < -0.39 is 0 Å². The van der Waals surface area contributed by atoms with Gasteiger partial charge in [0.1, 0.15) is 17.3 Å². The second kappa shape index (κ2) is 6.31. The predicted octanol–water partition coefficient (Wildman–Crippen LogP) is 2.65. The zero-order valence-corrected chi connectivity index (χ0v) is 12.1. The Labute approximate surface area is 132 Å². The molecule has 3 aromatic rings. The van der Waals surface area contributed by atoms with Crippen molar-refractivity contribution >= 4 is 5.91 Å². The Morgan fingerprint density at radius 2 is 1.83 bits per heavy atom. The molecular formula is C17H14FN3O2. The number of hydrogen-bond donors (Lipinski definition) is 2. The Bertz CT molecular complexity index is 811. The molecule has 0 saturated carbocycles. The summed E-state index contributed by atoms with van der Waals surface area (Å²) in [5.41, 5.74) is 1.87. The summed E-state index contributed by atoms with van der Waals surface area (Å²) in [6.07, 6.45) is 2.96. The van der Waals surface area contributed by atoms with Gasteiger partial charge in [-0.25, -0.2) is 9.37 Å². The highest BCUT2D eigenvalue weighted by atomic mass is 19.1. The average molecular weight is 311 g/mol. The van der Waals surface area contributed by atoms with E-state index in [1.807, 2.05) is 0 Å². The first-order chi connectivity index (χ1) is 11.1. The third kappa shape index (κ3) is 3.37. The van der Waals surface area contributed by atoms with Gasteiger partial charge >= 0.3 is 0 Å². The second-order valence-corrected chi connectivity index (χ2v) is 4.97. The lowest BCUT2D eigenvalue weighted by Gasteiger charge is -2.09. The summed E-state index contributed by atoms with van der Waals surface area (Å²) in [4.78, 5) is 16.3. The SMILES string of the molecule is O=C(NCc1ccc(O)cc1)c1cncn1-c1ccc(F)cc1. The van der Waals surface area contributed by atoms with Crippen LogP contribution in [0, 0.1) is 5.82 Å². The molecule has 3 rings (SSSR count). The Hall–Kier alpha value is -3.15. The van der Waals surface area contributed by atoms with Gasteiger partial charge in [0, 0.05) is 12.2 Å². The minimum Gasteiger partial charge on any atom is -0.508 e. The van der Waals surface area contributed by atoms with Gasteiger partial charge < -0.3 is 10.4 Å². The molecule has 0 bridgehead atoms. The molecule has 23 heavy (non-hydrogen) atoms. The van der Waals surface area contributed by atoms with Crippen molar-refractivity contribution < 1.29 is 14.3 Å². The first kappa shape index (κ1) is 14.8. The van der Waals surface area contributed by atoms with Crippen LogP contribution in [0.1, 0.15) is 16.1 Å². The van der Waals surface area contributed by atoms with Crippen molar-refractivity contribution in [1.82, 2.24) is 14.9 Å². The third-order valence-corrected chi connectivity index (χ3v) is 3.37. The van der Waals surface area contributed by atoms with Crippen LogP contribution in [0.5, 0.6) is 5.75 Å². The highest BCUT2D eigenvalue weighted by Gasteiger charge is 2.12. The Morgan fingerprint density at radius 1 is 1.13 bits per heavy atom. The van der Waals surface area contributed by atoms with E-state index in [1.165, 1.54) is 24.7 Å². The molecule has 0 aliphatic rings. The van der Waals surface area contributed by atoms with Crippen LogP contribution < -0.4 is 5.32 Å². The number of carbonyl (C=O) groups is 1. The van der Waals surface area contributed by atoms with Crippen LogP contribution in [0.2, 0.25) is 0 Å². The lowest BCUT2D eigenvalue weighted by molar-refractivity contribution is 0.0944. The molecule has 0 fully saturated rings. The van der Waals surface area contributed by atoms with Crippen molar-refractivity contribution in [3.63, 3.8) is 0 Å². The van der Waals surface area contributed by atoms with Crippen molar-refractivity contribution in [3.05, 3.63) is 78.1 Å². The zero-order chi connectivity index (χ0) is 16.2. The number of aromatic hydroxyl groups is 1. The summed E-state index contributed by atoms with van der Waals surface area (Å²) in [5, 5.41) is 12.0. The number of halogens is 1. The van der Waals surface area contributed by atoms with Gasteiger partial charge in [-0.05, 0) is 42.0 Å². The van der Waals surface area contributed by atoms with E-state index >= 15 is 0 Å². The minimum atomic E-state index is -0.341. The van der Waals surface area contributed by atoms with Gasteiger partial charge in [-0.1, -0.05) is 12.1 Å². The van der Waals surface area contributed by atoms with Gasteiger partial charge in [-0.3, -0.25) is 9.36 Å². The number of nitrogens with one attached hydrogen (secondary N) is 1. The molecule has 0 aliphatic heterocycles. The topological polar surface area (TPSA) is 67.2 Å². The maximum absolute atomic E-state index is 13.0. The van der Waals surface area contributed by atoms with Gasteiger partial charge in [0.25, 0.3) is 5.91 Å². The van der Waals surface area contributed by atoms with E-state index in [-0.39, 0.29) is 17.5 Å². The Balaban J connectivity index is 1.74. The Kier molecular flexibility index (Phi) is 4.05. The fraction of sp³-hybridized carbons (Fsp3) is 0.0588.